The van der Waals surface area contributed by atoms with Crippen LogP contribution >= 0.6 is 12.8 Å². The molecule has 2 aliphatic heterocycles. The lowest BCUT2D eigenvalue weighted by Crippen LogP contribution is -2.43. The van der Waals surface area contributed by atoms with Crippen molar-refractivity contribution in [1.29, 1.82) is 0 Å². The zero-order valence-electron chi connectivity index (χ0n) is 15.2. The molecule has 1 amide bonds. The fraction of sp³-hybridized carbons (Fsp3) is 0.526. The van der Waals surface area contributed by atoms with Crippen molar-refractivity contribution in [3.8, 4) is 0 Å². The first-order valence-corrected chi connectivity index (χ1v) is 9.36. The highest BCUT2D eigenvalue weighted by atomic mass is 32.1. The lowest BCUT2D eigenvalue weighted by atomic mass is 9.91. The Morgan fingerprint density at radius 1 is 1.38 bits per heavy atom. The number of likely N-dealkylation sites (tertiary alicyclic amines) is 1. The maximum absolute atomic E-state index is 13.5. The summed E-state index contributed by atoms with van der Waals surface area (Å²) in [7, 11) is 0. The largest absolute Gasteiger partial charge is 0.444 e. The van der Waals surface area contributed by atoms with Crippen LogP contribution in [-0.4, -0.2) is 51.1 Å². The van der Waals surface area contributed by atoms with Crippen LogP contribution in [0.4, 0.5) is 9.18 Å². The number of hydrogen-bond donors (Lipinski definition) is 2. The zero-order valence-corrected chi connectivity index (χ0v) is 16.1. The lowest BCUT2D eigenvalue weighted by Gasteiger charge is -2.31. The van der Waals surface area contributed by atoms with Gasteiger partial charge in [-0.15, -0.1) is 0 Å². The Morgan fingerprint density at radius 3 is 2.88 bits per heavy atom. The van der Waals surface area contributed by atoms with Crippen molar-refractivity contribution >= 4 is 29.8 Å². The molecule has 5 nitrogen and oxygen atoms in total. The maximum Gasteiger partial charge on any atom is 0.410 e. The molecule has 3 atom stereocenters. The Hall–Kier alpha value is -1.73. The molecule has 3 heterocycles. The molecule has 0 aliphatic carbocycles. The minimum absolute atomic E-state index is 0.00593. The summed E-state index contributed by atoms with van der Waals surface area (Å²) in [5.41, 5.74) is 1.35. The summed E-state index contributed by atoms with van der Waals surface area (Å²) >= 11 is 4.65. The van der Waals surface area contributed by atoms with E-state index < -0.39 is 5.60 Å². The Balaban J connectivity index is 1.68. The molecule has 2 fully saturated rings. The summed E-state index contributed by atoms with van der Waals surface area (Å²) in [6, 6.07) is 4.99. The Kier molecular flexibility index (Phi) is 4.19. The molecule has 2 aromatic rings. The summed E-state index contributed by atoms with van der Waals surface area (Å²) in [4.78, 5) is 17.7. The number of benzene rings is 1. The predicted octanol–water partition coefficient (Wildman–Crippen LogP) is 3.93. The summed E-state index contributed by atoms with van der Waals surface area (Å²) in [5, 5.41) is 0.995. The number of nitrogens with one attached hydrogen (secondary N) is 1. The molecule has 0 unspecified atom stereocenters. The van der Waals surface area contributed by atoms with Gasteiger partial charge >= 0.3 is 6.09 Å². The van der Waals surface area contributed by atoms with E-state index in [0.29, 0.717) is 6.54 Å². The minimum atomic E-state index is -0.526. The molecule has 2 aliphatic rings. The standard InChI is InChI=1S/C19H24FN3O2S/c1-19(2,3)25-18(24)22-7-6-16-17(22)14(10-23(16)26)13-9-21-15-8-11(20)4-5-12(13)15/h4-5,8-9,14,16-17,21,26H,6-7,10H2,1-3H3/t14-,16+,17+/m0/s1. The van der Waals surface area contributed by atoms with Crippen molar-refractivity contribution in [2.75, 3.05) is 13.1 Å². The number of nitrogens with zero attached hydrogens (tertiary/aromatic N) is 2. The molecule has 0 radical (unpaired) electrons. The number of hydrogen-bond acceptors (Lipinski definition) is 4. The van der Waals surface area contributed by atoms with Gasteiger partial charge in [-0.3, -0.25) is 0 Å². The number of fused-ring (bicyclic) bond motifs is 2. The van der Waals surface area contributed by atoms with Gasteiger partial charge in [-0.25, -0.2) is 13.5 Å². The van der Waals surface area contributed by atoms with Crippen LogP contribution in [-0.2, 0) is 4.74 Å². The molecule has 1 aromatic heterocycles. The van der Waals surface area contributed by atoms with E-state index in [1.807, 2.05) is 36.2 Å². The molecule has 140 valence electrons. The molecule has 26 heavy (non-hydrogen) atoms. The van der Waals surface area contributed by atoms with Crippen molar-refractivity contribution in [3.63, 3.8) is 0 Å². The Labute approximate surface area is 158 Å². The van der Waals surface area contributed by atoms with Gasteiger partial charge in [0.2, 0.25) is 0 Å². The van der Waals surface area contributed by atoms with Crippen molar-refractivity contribution in [3.05, 3.63) is 35.8 Å². The number of amides is 1. The van der Waals surface area contributed by atoms with Crippen LogP contribution in [0, 0.1) is 5.82 Å². The number of carbonyl (C=O) groups is 1. The van der Waals surface area contributed by atoms with E-state index in [2.05, 4.69) is 17.8 Å². The van der Waals surface area contributed by atoms with E-state index in [1.165, 1.54) is 12.1 Å². The number of thiol groups is 1. The maximum atomic E-state index is 13.5. The van der Waals surface area contributed by atoms with Crippen molar-refractivity contribution in [2.24, 2.45) is 0 Å². The Morgan fingerprint density at radius 2 is 2.15 bits per heavy atom. The van der Waals surface area contributed by atoms with Crippen molar-refractivity contribution in [2.45, 2.75) is 50.8 Å². The smallest absolute Gasteiger partial charge is 0.410 e. The SMILES string of the molecule is CC(C)(C)OC(=O)N1CC[C@@H]2[C@H]1[C@H](c1c[nH]c3cc(F)ccc13)CN2S. The number of ether oxygens (including phenoxy) is 1. The van der Waals surface area contributed by atoms with Gasteiger partial charge in [0.15, 0.2) is 0 Å². The third-order valence-electron chi connectivity index (χ3n) is 5.30. The van der Waals surface area contributed by atoms with Crippen molar-refractivity contribution < 1.29 is 13.9 Å². The zero-order chi connectivity index (χ0) is 18.6. The highest BCUT2D eigenvalue weighted by molar-refractivity contribution is 7.77. The molecule has 0 bridgehead atoms. The van der Waals surface area contributed by atoms with Crippen LogP contribution in [0.2, 0.25) is 0 Å². The first-order chi connectivity index (χ1) is 12.2. The van der Waals surface area contributed by atoms with E-state index in [9.17, 15) is 9.18 Å². The molecule has 0 spiro atoms. The number of aromatic amines is 1. The fourth-order valence-corrected chi connectivity index (χ4v) is 4.73. The molecule has 2 saturated heterocycles. The second-order valence-corrected chi connectivity index (χ2v) is 8.70. The van der Waals surface area contributed by atoms with E-state index in [1.54, 1.807) is 6.07 Å². The molecule has 1 aromatic carbocycles. The van der Waals surface area contributed by atoms with Gasteiger partial charge in [-0.1, -0.05) is 12.8 Å². The number of halogens is 1. The van der Waals surface area contributed by atoms with Crippen molar-refractivity contribution in [1.82, 2.24) is 14.2 Å². The summed E-state index contributed by atoms with van der Waals surface area (Å²) < 4.78 is 21.2. The third kappa shape index (κ3) is 2.97. The van der Waals surface area contributed by atoms with Crippen LogP contribution in [0.25, 0.3) is 10.9 Å². The average Bonchev–Trinajstić information content (AvgIpc) is 3.20. The molecular weight excluding hydrogens is 353 g/mol. The van der Waals surface area contributed by atoms with E-state index in [0.717, 1.165) is 29.4 Å². The summed E-state index contributed by atoms with van der Waals surface area (Å²) in [5.74, 6) is -0.158. The topological polar surface area (TPSA) is 48.6 Å². The second-order valence-electron chi connectivity index (χ2n) is 8.18. The van der Waals surface area contributed by atoms with Crippen LogP contribution in [0.3, 0.4) is 0 Å². The van der Waals surface area contributed by atoms with Crippen LogP contribution in [0.5, 0.6) is 0 Å². The molecule has 0 saturated carbocycles. The predicted molar refractivity (Wildman–Crippen MR) is 102 cm³/mol. The molecule has 7 heteroatoms. The number of aromatic nitrogens is 1. The number of H-pyrrole nitrogens is 1. The summed E-state index contributed by atoms with van der Waals surface area (Å²) in [6.07, 6.45) is 2.54. The minimum Gasteiger partial charge on any atom is -0.444 e. The first-order valence-electron chi connectivity index (χ1n) is 8.96. The fourth-order valence-electron chi connectivity index (χ4n) is 4.30. The Bertz CT molecular complexity index is 847. The number of rotatable bonds is 1. The summed E-state index contributed by atoms with van der Waals surface area (Å²) in [6.45, 7) is 7.04. The normalized spacial score (nSPS) is 26.5. The van der Waals surface area contributed by atoms with Crippen LogP contribution in [0.15, 0.2) is 24.4 Å². The van der Waals surface area contributed by atoms with Gasteiger partial charge in [-0.2, -0.15) is 0 Å². The third-order valence-corrected chi connectivity index (χ3v) is 5.76. The van der Waals surface area contributed by atoms with Crippen LogP contribution < -0.4 is 0 Å². The average molecular weight is 377 g/mol. The van der Waals surface area contributed by atoms with Gasteiger partial charge in [0.05, 0.1) is 6.04 Å². The molecule has 4 rings (SSSR count). The molecule has 1 N–H and O–H groups in total. The van der Waals surface area contributed by atoms with E-state index in [4.69, 9.17) is 4.74 Å². The quantitative estimate of drug-likeness (QED) is 0.741. The monoisotopic (exact) mass is 377 g/mol. The second kappa shape index (κ2) is 6.16. The van der Waals surface area contributed by atoms with Crippen LogP contribution in [0.1, 0.15) is 38.7 Å². The lowest BCUT2D eigenvalue weighted by molar-refractivity contribution is 0.0214. The van der Waals surface area contributed by atoms with Gasteiger partial charge in [0.25, 0.3) is 0 Å². The van der Waals surface area contributed by atoms with E-state index >= 15 is 0 Å². The highest BCUT2D eigenvalue weighted by Gasteiger charge is 2.51. The number of carbonyl (C=O) groups excluding carboxylic acids is 1. The van der Waals surface area contributed by atoms with Gasteiger partial charge < -0.3 is 14.6 Å². The van der Waals surface area contributed by atoms with E-state index in [-0.39, 0.29) is 29.9 Å². The highest BCUT2D eigenvalue weighted by Crippen LogP contribution is 2.44. The van der Waals surface area contributed by atoms with Gasteiger partial charge in [0.1, 0.15) is 11.4 Å². The first kappa shape index (κ1) is 17.7. The molecular formula is C19H24FN3O2S. The van der Waals surface area contributed by atoms with Gasteiger partial charge in [-0.05, 0) is 51.0 Å². The van der Waals surface area contributed by atoms with Gasteiger partial charge in [0, 0.05) is 42.1 Å².